The summed E-state index contributed by atoms with van der Waals surface area (Å²) in [6.07, 6.45) is 1.48. The van der Waals surface area contributed by atoms with Crippen LogP contribution in [0.1, 0.15) is 20.8 Å². The summed E-state index contributed by atoms with van der Waals surface area (Å²) in [4.78, 5) is 12.9. The van der Waals surface area contributed by atoms with E-state index in [-0.39, 0.29) is 22.9 Å². The molecular formula is C16H12BrNO3S. The fourth-order valence-corrected chi connectivity index (χ4v) is 3.21. The SMILES string of the molecule is COc1cc(/C=C(\C#N)C(=O)c2sccc2C)cc(Br)c1O. The molecule has 22 heavy (non-hydrogen) atoms. The molecule has 0 unspecified atom stereocenters. The number of ether oxygens (including phenoxy) is 1. The van der Waals surface area contributed by atoms with Crippen molar-refractivity contribution in [3.8, 4) is 17.6 Å². The standard InChI is InChI=1S/C16H12BrNO3S/c1-9-3-4-22-16(9)14(19)11(8-18)5-10-6-12(17)15(20)13(7-10)21-2/h3-7,20H,1-2H3/b11-5+. The minimum absolute atomic E-state index is 0.0291. The number of hydrogen-bond acceptors (Lipinski definition) is 5. The molecule has 0 saturated carbocycles. The molecule has 2 aromatic rings. The van der Waals surface area contributed by atoms with Gasteiger partial charge in [-0.05, 0) is 63.6 Å². The molecule has 0 bridgehead atoms. The van der Waals surface area contributed by atoms with Gasteiger partial charge in [0.25, 0.3) is 0 Å². The first-order chi connectivity index (χ1) is 10.5. The molecule has 2 rings (SSSR count). The molecule has 4 nitrogen and oxygen atoms in total. The summed E-state index contributed by atoms with van der Waals surface area (Å²) in [7, 11) is 1.43. The third-order valence-electron chi connectivity index (χ3n) is 3.02. The van der Waals surface area contributed by atoms with Crippen LogP contribution in [-0.2, 0) is 0 Å². The lowest BCUT2D eigenvalue weighted by Gasteiger charge is -2.07. The van der Waals surface area contributed by atoms with E-state index >= 15 is 0 Å². The molecule has 0 aliphatic heterocycles. The van der Waals surface area contributed by atoms with Crippen LogP contribution in [0, 0.1) is 18.3 Å². The normalized spacial score (nSPS) is 11.1. The number of nitrogens with zero attached hydrogens (tertiary/aromatic N) is 1. The third-order valence-corrected chi connectivity index (χ3v) is 4.63. The Balaban J connectivity index is 2.46. The van der Waals surface area contributed by atoms with Crippen LogP contribution >= 0.6 is 27.3 Å². The van der Waals surface area contributed by atoms with Crippen molar-refractivity contribution >= 4 is 39.1 Å². The Kier molecular flexibility index (Phi) is 5.01. The van der Waals surface area contributed by atoms with Gasteiger partial charge in [-0.25, -0.2) is 0 Å². The Hall–Kier alpha value is -2.10. The van der Waals surface area contributed by atoms with Crippen molar-refractivity contribution in [1.29, 1.82) is 5.26 Å². The van der Waals surface area contributed by atoms with Crippen LogP contribution in [0.25, 0.3) is 6.08 Å². The van der Waals surface area contributed by atoms with E-state index in [1.807, 2.05) is 24.4 Å². The number of phenols is 1. The molecule has 6 heteroatoms. The number of ketones is 1. The van der Waals surface area contributed by atoms with E-state index in [9.17, 15) is 15.2 Å². The summed E-state index contributed by atoms with van der Waals surface area (Å²) in [6.45, 7) is 1.83. The highest BCUT2D eigenvalue weighted by Crippen LogP contribution is 2.36. The second-order valence-corrected chi connectivity index (χ2v) is 6.26. The first kappa shape index (κ1) is 16.3. The van der Waals surface area contributed by atoms with Gasteiger partial charge in [0.1, 0.15) is 11.6 Å². The molecule has 0 radical (unpaired) electrons. The van der Waals surface area contributed by atoms with Crippen molar-refractivity contribution in [3.63, 3.8) is 0 Å². The quantitative estimate of drug-likeness (QED) is 0.489. The number of aryl methyl sites for hydroxylation is 1. The molecule has 0 fully saturated rings. The van der Waals surface area contributed by atoms with E-state index in [2.05, 4.69) is 15.9 Å². The number of aromatic hydroxyl groups is 1. The number of carbonyl (C=O) groups is 1. The average Bonchev–Trinajstić information content (AvgIpc) is 2.93. The number of Topliss-reactive ketones (excluding diaryl/α,β-unsaturated/α-hetero) is 1. The molecule has 1 aromatic carbocycles. The number of methoxy groups -OCH3 is 1. The van der Waals surface area contributed by atoms with Crippen LogP contribution in [0.4, 0.5) is 0 Å². The maximum Gasteiger partial charge on any atom is 0.213 e. The van der Waals surface area contributed by atoms with Gasteiger partial charge in [-0.15, -0.1) is 11.3 Å². The highest BCUT2D eigenvalue weighted by atomic mass is 79.9. The number of thiophene rings is 1. The molecule has 0 spiro atoms. The van der Waals surface area contributed by atoms with Gasteiger partial charge in [0.15, 0.2) is 11.5 Å². The van der Waals surface area contributed by atoms with Crippen molar-refractivity contribution in [2.24, 2.45) is 0 Å². The number of nitriles is 1. The maximum absolute atomic E-state index is 12.4. The Morgan fingerprint density at radius 1 is 1.50 bits per heavy atom. The number of benzene rings is 1. The van der Waals surface area contributed by atoms with Gasteiger partial charge >= 0.3 is 0 Å². The van der Waals surface area contributed by atoms with Gasteiger partial charge in [-0.1, -0.05) is 0 Å². The topological polar surface area (TPSA) is 70.3 Å². The van der Waals surface area contributed by atoms with Gasteiger partial charge in [0.05, 0.1) is 16.5 Å². The lowest BCUT2D eigenvalue weighted by atomic mass is 10.1. The maximum atomic E-state index is 12.4. The van der Waals surface area contributed by atoms with Crippen LogP contribution < -0.4 is 4.74 Å². The van der Waals surface area contributed by atoms with Crippen molar-refractivity contribution in [1.82, 2.24) is 0 Å². The Labute approximate surface area is 140 Å². The van der Waals surface area contributed by atoms with E-state index < -0.39 is 0 Å². The summed E-state index contributed by atoms with van der Waals surface area (Å²) >= 11 is 4.52. The molecule has 0 aliphatic carbocycles. The van der Waals surface area contributed by atoms with E-state index in [0.29, 0.717) is 14.9 Å². The third kappa shape index (κ3) is 3.21. The smallest absolute Gasteiger partial charge is 0.213 e. The number of rotatable bonds is 4. The second kappa shape index (κ2) is 6.77. The van der Waals surface area contributed by atoms with E-state index in [1.54, 1.807) is 12.1 Å². The van der Waals surface area contributed by atoms with Crippen LogP contribution in [-0.4, -0.2) is 18.0 Å². The van der Waals surface area contributed by atoms with Gasteiger partial charge in [-0.3, -0.25) is 4.79 Å². The van der Waals surface area contributed by atoms with E-state index in [1.165, 1.54) is 24.5 Å². The molecule has 0 amide bonds. The minimum atomic E-state index is -0.307. The molecule has 0 saturated heterocycles. The summed E-state index contributed by atoms with van der Waals surface area (Å²) in [5.74, 6) is -0.0746. The predicted octanol–water partition coefficient (Wildman–Crippen LogP) is 4.32. The number of allylic oxidation sites excluding steroid dienone is 1. The Morgan fingerprint density at radius 3 is 2.77 bits per heavy atom. The number of carbonyl (C=O) groups excluding carboxylic acids is 1. The van der Waals surface area contributed by atoms with Crippen LogP contribution in [0.3, 0.4) is 0 Å². The average molecular weight is 378 g/mol. The first-order valence-electron chi connectivity index (χ1n) is 6.25. The van der Waals surface area contributed by atoms with Crippen molar-refractivity contribution < 1.29 is 14.6 Å². The number of phenolic OH excluding ortho intramolecular Hbond substituents is 1. The fraction of sp³-hybridized carbons (Fsp3) is 0.125. The largest absolute Gasteiger partial charge is 0.503 e. The number of hydrogen-bond donors (Lipinski definition) is 1. The van der Waals surface area contributed by atoms with Gasteiger partial charge < -0.3 is 9.84 Å². The van der Waals surface area contributed by atoms with Crippen molar-refractivity contribution in [3.05, 3.63) is 49.6 Å². The zero-order valence-corrected chi connectivity index (χ0v) is 14.3. The summed E-state index contributed by atoms with van der Waals surface area (Å²) in [5.41, 5.74) is 1.46. The lowest BCUT2D eigenvalue weighted by molar-refractivity contribution is 0.104. The van der Waals surface area contributed by atoms with Crippen LogP contribution in [0.15, 0.2) is 33.6 Å². The predicted molar refractivity (Wildman–Crippen MR) is 89.3 cm³/mol. The molecule has 0 aliphatic rings. The van der Waals surface area contributed by atoms with Gasteiger partial charge in [0, 0.05) is 0 Å². The van der Waals surface area contributed by atoms with E-state index in [0.717, 1.165) is 5.56 Å². The Bertz CT molecular complexity index is 802. The summed E-state index contributed by atoms with van der Waals surface area (Å²) in [5, 5.41) is 20.9. The zero-order chi connectivity index (χ0) is 16.3. The van der Waals surface area contributed by atoms with E-state index in [4.69, 9.17) is 4.74 Å². The summed E-state index contributed by atoms with van der Waals surface area (Å²) < 4.78 is 5.48. The van der Waals surface area contributed by atoms with Crippen LogP contribution in [0.5, 0.6) is 11.5 Å². The van der Waals surface area contributed by atoms with Gasteiger partial charge in [-0.2, -0.15) is 5.26 Å². The second-order valence-electron chi connectivity index (χ2n) is 4.49. The summed E-state index contributed by atoms with van der Waals surface area (Å²) in [6, 6.07) is 6.95. The monoisotopic (exact) mass is 377 g/mol. The highest BCUT2D eigenvalue weighted by Gasteiger charge is 2.16. The molecular weight excluding hydrogens is 366 g/mol. The highest BCUT2D eigenvalue weighted by molar-refractivity contribution is 9.10. The molecule has 1 heterocycles. The lowest BCUT2D eigenvalue weighted by Crippen LogP contribution is -2.01. The molecule has 112 valence electrons. The first-order valence-corrected chi connectivity index (χ1v) is 7.92. The Morgan fingerprint density at radius 2 is 2.23 bits per heavy atom. The van der Waals surface area contributed by atoms with Crippen molar-refractivity contribution in [2.45, 2.75) is 6.92 Å². The van der Waals surface area contributed by atoms with Crippen molar-refractivity contribution in [2.75, 3.05) is 7.11 Å². The zero-order valence-electron chi connectivity index (χ0n) is 11.9. The fourth-order valence-electron chi connectivity index (χ4n) is 1.88. The molecule has 1 N–H and O–H groups in total. The molecule has 0 atom stereocenters. The van der Waals surface area contributed by atoms with Gasteiger partial charge in [0.2, 0.25) is 5.78 Å². The minimum Gasteiger partial charge on any atom is -0.503 e. The molecule has 1 aromatic heterocycles. The van der Waals surface area contributed by atoms with Crippen LogP contribution in [0.2, 0.25) is 0 Å². The number of halogens is 1.